The molecule has 1 aliphatic rings. The van der Waals surface area contributed by atoms with Crippen molar-refractivity contribution in [3.63, 3.8) is 0 Å². The normalized spacial score (nSPS) is 22.4. The summed E-state index contributed by atoms with van der Waals surface area (Å²) >= 11 is 0. The lowest BCUT2D eigenvalue weighted by Gasteiger charge is -2.40. The highest BCUT2D eigenvalue weighted by Gasteiger charge is 2.34. The number of nitrogens with zero attached hydrogens (tertiary/aromatic N) is 4. The fourth-order valence-corrected chi connectivity index (χ4v) is 3.14. The molecule has 1 aliphatic heterocycles. The van der Waals surface area contributed by atoms with E-state index in [1.54, 1.807) is 0 Å². The van der Waals surface area contributed by atoms with Crippen molar-refractivity contribution in [2.75, 3.05) is 19.7 Å². The Morgan fingerprint density at radius 1 is 1.40 bits per heavy atom. The lowest BCUT2D eigenvalue weighted by molar-refractivity contribution is -0.0875. The lowest BCUT2D eigenvalue weighted by atomic mass is 10.0. The van der Waals surface area contributed by atoms with E-state index in [2.05, 4.69) is 43.2 Å². The summed E-state index contributed by atoms with van der Waals surface area (Å²) in [6.07, 6.45) is 2.80. The number of amides is 2. The molecule has 0 bridgehead atoms. The third-order valence-corrected chi connectivity index (χ3v) is 4.94. The average molecular weight is 345 g/mol. The van der Waals surface area contributed by atoms with Gasteiger partial charge in [0.2, 0.25) is 0 Å². The van der Waals surface area contributed by atoms with Gasteiger partial charge in [0.15, 0.2) is 11.5 Å². The molecule has 136 valence electrons. The van der Waals surface area contributed by atoms with Crippen LogP contribution in [-0.2, 0) is 4.74 Å². The van der Waals surface area contributed by atoms with Crippen molar-refractivity contribution >= 4 is 11.7 Å². The first-order valence-electron chi connectivity index (χ1n) is 8.92. The summed E-state index contributed by atoms with van der Waals surface area (Å²) in [6, 6.07) is 5.49. The first-order valence-corrected chi connectivity index (χ1v) is 8.92. The Hall–Kier alpha value is -2.15. The molecule has 7 heteroatoms. The number of carbonyl (C=O) groups excluding carboxylic acids is 1. The van der Waals surface area contributed by atoms with E-state index in [0.29, 0.717) is 19.7 Å². The van der Waals surface area contributed by atoms with E-state index < -0.39 is 0 Å². The second kappa shape index (κ2) is 7.00. The number of nitrogens with one attached hydrogen (secondary N) is 1. The summed E-state index contributed by atoms with van der Waals surface area (Å²) in [5.41, 5.74) is 0.507. The minimum Gasteiger partial charge on any atom is -0.372 e. The van der Waals surface area contributed by atoms with Gasteiger partial charge in [-0.15, -0.1) is 10.2 Å². The van der Waals surface area contributed by atoms with Crippen molar-refractivity contribution in [1.29, 1.82) is 0 Å². The number of hydrogen-bond acceptors (Lipinski definition) is 4. The number of hydrogen-bond donors (Lipinski definition) is 1. The molecule has 0 radical (unpaired) electrons. The number of aromatic nitrogens is 3. The molecule has 2 atom stereocenters. The van der Waals surface area contributed by atoms with Crippen LogP contribution in [0.2, 0.25) is 0 Å². The van der Waals surface area contributed by atoms with Gasteiger partial charge in [-0.25, -0.2) is 4.79 Å². The molecule has 0 saturated carbocycles. The Kier molecular flexibility index (Phi) is 4.94. The van der Waals surface area contributed by atoms with Gasteiger partial charge >= 0.3 is 6.03 Å². The maximum atomic E-state index is 12.8. The summed E-state index contributed by atoms with van der Waals surface area (Å²) in [7, 11) is 0. The number of pyridine rings is 1. The first kappa shape index (κ1) is 17.7. The van der Waals surface area contributed by atoms with Crippen LogP contribution >= 0.6 is 0 Å². The van der Waals surface area contributed by atoms with Crippen LogP contribution in [0.4, 0.5) is 4.79 Å². The number of carbonyl (C=O) groups is 1. The second-order valence-corrected chi connectivity index (χ2v) is 7.23. The molecular formula is C18H27N5O2. The van der Waals surface area contributed by atoms with Gasteiger partial charge in [0.1, 0.15) is 0 Å². The predicted octanol–water partition coefficient (Wildman–Crippen LogP) is 2.64. The van der Waals surface area contributed by atoms with E-state index in [1.165, 1.54) is 0 Å². The Morgan fingerprint density at radius 3 is 2.92 bits per heavy atom. The van der Waals surface area contributed by atoms with Crippen LogP contribution in [0.1, 0.15) is 46.0 Å². The van der Waals surface area contributed by atoms with Crippen LogP contribution in [0.3, 0.4) is 0 Å². The first-order chi connectivity index (χ1) is 11.9. The molecular weight excluding hydrogens is 318 g/mol. The van der Waals surface area contributed by atoms with Crippen LogP contribution < -0.4 is 5.32 Å². The third-order valence-electron chi connectivity index (χ3n) is 4.94. The van der Waals surface area contributed by atoms with Crippen LogP contribution in [0.5, 0.6) is 0 Å². The maximum Gasteiger partial charge on any atom is 0.318 e. The van der Waals surface area contributed by atoms with Crippen molar-refractivity contribution in [3.8, 4) is 0 Å². The molecule has 3 rings (SSSR count). The molecule has 0 aromatic carbocycles. The Labute approximate surface area is 148 Å². The molecule has 7 nitrogen and oxygen atoms in total. The molecule has 1 saturated heterocycles. The van der Waals surface area contributed by atoms with Crippen LogP contribution in [0.15, 0.2) is 24.4 Å². The molecule has 25 heavy (non-hydrogen) atoms. The Morgan fingerprint density at radius 2 is 2.20 bits per heavy atom. The monoisotopic (exact) mass is 345 g/mol. The third kappa shape index (κ3) is 3.61. The van der Waals surface area contributed by atoms with Crippen molar-refractivity contribution in [2.24, 2.45) is 5.92 Å². The summed E-state index contributed by atoms with van der Waals surface area (Å²) in [6.45, 7) is 10.1. The van der Waals surface area contributed by atoms with Gasteiger partial charge in [-0.05, 0) is 31.4 Å². The molecule has 2 amide bonds. The lowest BCUT2D eigenvalue weighted by Crippen LogP contribution is -2.55. The van der Waals surface area contributed by atoms with Gasteiger partial charge in [-0.2, -0.15) is 0 Å². The standard InChI is InChI=1S/C18H27N5O2/c1-5-18(4)12-22(10-11-25-18)17(24)19-15(13(2)3)16-21-20-14-8-6-7-9-23(14)16/h6-9,13,15H,5,10-12H2,1-4H3,(H,19,24). The van der Waals surface area contributed by atoms with Gasteiger partial charge < -0.3 is 15.0 Å². The van der Waals surface area contributed by atoms with E-state index in [-0.39, 0.29) is 23.6 Å². The smallest absolute Gasteiger partial charge is 0.318 e. The molecule has 2 aromatic rings. The van der Waals surface area contributed by atoms with Gasteiger partial charge in [0.25, 0.3) is 0 Å². The van der Waals surface area contributed by atoms with Gasteiger partial charge in [0.05, 0.1) is 24.8 Å². The van der Waals surface area contributed by atoms with Gasteiger partial charge in [0, 0.05) is 12.7 Å². The fraction of sp³-hybridized carbons (Fsp3) is 0.611. The number of ether oxygens (including phenoxy) is 1. The summed E-state index contributed by atoms with van der Waals surface area (Å²) < 4.78 is 7.76. The van der Waals surface area contributed by atoms with Crippen LogP contribution in [-0.4, -0.2) is 50.8 Å². The van der Waals surface area contributed by atoms with Crippen LogP contribution in [0.25, 0.3) is 5.65 Å². The van der Waals surface area contributed by atoms with Gasteiger partial charge in [-0.3, -0.25) is 4.40 Å². The number of morpholine rings is 1. The zero-order chi connectivity index (χ0) is 18.0. The molecule has 3 heterocycles. The summed E-state index contributed by atoms with van der Waals surface area (Å²) in [5.74, 6) is 0.945. The van der Waals surface area contributed by atoms with E-state index in [4.69, 9.17) is 4.74 Å². The molecule has 2 unspecified atom stereocenters. The minimum atomic E-state index is -0.273. The topological polar surface area (TPSA) is 71.8 Å². The largest absolute Gasteiger partial charge is 0.372 e. The zero-order valence-electron chi connectivity index (χ0n) is 15.4. The molecule has 0 spiro atoms. The highest BCUT2D eigenvalue weighted by Crippen LogP contribution is 2.24. The molecule has 0 aliphatic carbocycles. The van der Waals surface area contributed by atoms with Crippen molar-refractivity contribution in [3.05, 3.63) is 30.2 Å². The Bertz CT molecular complexity index is 744. The molecule has 1 fully saturated rings. The second-order valence-electron chi connectivity index (χ2n) is 7.23. The highest BCUT2D eigenvalue weighted by atomic mass is 16.5. The van der Waals surface area contributed by atoms with Crippen LogP contribution in [0, 0.1) is 5.92 Å². The van der Waals surface area contributed by atoms with E-state index in [9.17, 15) is 4.79 Å². The number of rotatable bonds is 4. The van der Waals surface area contributed by atoms with E-state index in [0.717, 1.165) is 17.9 Å². The highest BCUT2D eigenvalue weighted by molar-refractivity contribution is 5.75. The van der Waals surface area contributed by atoms with Crippen molar-refractivity contribution in [1.82, 2.24) is 24.8 Å². The summed E-state index contributed by atoms with van der Waals surface area (Å²) in [4.78, 5) is 14.7. The predicted molar refractivity (Wildman–Crippen MR) is 95.3 cm³/mol. The fourth-order valence-electron chi connectivity index (χ4n) is 3.14. The minimum absolute atomic E-state index is 0.0747. The zero-order valence-corrected chi connectivity index (χ0v) is 15.4. The van der Waals surface area contributed by atoms with Crippen molar-refractivity contribution in [2.45, 2.75) is 45.8 Å². The average Bonchev–Trinajstić information content (AvgIpc) is 3.03. The number of urea groups is 1. The van der Waals surface area contributed by atoms with Crippen molar-refractivity contribution < 1.29 is 9.53 Å². The molecule has 2 aromatic heterocycles. The summed E-state index contributed by atoms with van der Waals surface area (Å²) in [5, 5.41) is 11.7. The SMILES string of the molecule is CCC1(C)CN(C(=O)NC(c2nnc3ccccn23)C(C)C)CCO1. The quantitative estimate of drug-likeness (QED) is 0.925. The Balaban J connectivity index is 1.79. The van der Waals surface area contributed by atoms with E-state index in [1.807, 2.05) is 33.7 Å². The number of fused-ring (bicyclic) bond motifs is 1. The molecule has 1 N–H and O–H groups in total. The van der Waals surface area contributed by atoms with E-state index >= 15 is 0 Å². The maximum absolute atomic E-state index is 12.8. The van der Waals surface area contributed by atoms with Gasteiger partial charge in [-0.1, -0.05) is 26.8 Å².